The van der Waals surface area contributed by atoms with Gasteiger partial charge in [0.25, 0.3) is 0 Å². The molecular weight excluding hydrogens is 466 g/mol. The Labute approximate surface area is 191 Å². The fourth-order valence-electron chi connectivity index (χ4n) is 3.32. The number of allylic oxidation sites excluding steroid dienone is 1. The highest BCUT2D eigenvalue weighted by molar-refractivity contribution is 6.33. The number of carbonyl (C=O) groups is 1. The first kappa shape index (κ1) is 24.7. The van der Waals surface area contributed by atoms with Gasteiger partial charge in [-0.15, -0.1) is 6.58 Å². The number of hydrogen-bond donors (Lipinski definition) is 1. The number of aromatic nitrogens is 3. The molecule has 1 N–H and O–H groups in total. The van der Waals surface area contributed by atoms with Crippen molar-refractivity contribution in [2.24, 2.45) is 0 Å². The van der Waals surface area contributed by atoms with Crippen molar-refractivity contribution in [3.05, 3.63) is 59.1 Å². The molecule has 33 heavy (non-hydrogen) atoms. The molecule has 3 aromatic rings. The molecule has 0 aliphatic rings. The molecule has 2 aromatic heterocycles. The zero-order valence-electron chi connectivity index (χ0n) is 17.7. The molecule has 0 atom stereocenters. The number of ketones is 1. The van der Waals surface area contributed by atoms with E-state index in [2.05, 4.69) is 16.8 Å². The molecule has 0 unspecified atom stereocenters. The van der Waals surface area contributed by atoms with Crippen molar-refractivity contribution < 1.29 is 32.0 Å². The fraction of sp³-hybridized carbons (Fsp3) is 0.318. The summed E-state index contributed by atoms with van der Waals surface area (Å²) in [6.45, 7) is 5.69. The van der Waals surface area contributed by atoms with E-state index in [0.717, 1.165) is 12.3 Å². The van der Waals surface area contributed by atoms with Crippen molar-refractivity contribution in [1.29, 1.82) is 0 Å². The standard InChI is InChI=1S/C22H20ClF4N3O3/c1-4-5-9-15(31)17-18(16-13(23)7-6-8-14(16)24)29-33-19(17)12-10-28-30(11-21(2,3)32)20(12)22(25,26)27/h4,6-8,10,32H,1,5,9,11H2,2-3H3. The van der Waals surface area contributed by atoms with Crippen molar-refractivity contribution in [1.82, 2.24) is 14.9 Å². The van der Waals surface area contributed by atoms with E-state index in [9.17, 15) is 27.5 Å². The summed E-state index contributed by atoms with van der Waals surface area (Å²) in [6, 6.07) is 3.77. The third-order valence-electron chi connectivity index (χ3n) is 4.64. The number of Topliss-reactive ketones (excluding diaryl/α,β-unsaturated/α-hetero) is 1. The molecule has 0 fully saturated rings. The first-order chi connectivity index (χ1) is 15.3. The average Bonchev–Trinajstić information content (AvgIpc) is 3.28. The van der Waals surface area contributed by atoms with Crippen LogP contribution in [0.2, 0.25) is 5.02 Å². The molecule has 1 aromatic carbocycles. The lowest BCUT2D eigenvalue weighted by Crippen LogP contribution is -2.29. The topological polar surface area (TPSA) is 81.2 Å². The Morgan fingerprint density at radius 3 is 2.61 bits per heavy atom. The number of halogens is 5. The summed E-state index contributed by atoms with van der Waals surface area (Å²) >= 11 is 6.11. The van der Waals surface area contributed by atoms with Gasteiger partial charge in [-0.05, 0) is 32.4 Å². The number of hydrogen-bond acceptors (Lipinski definition) is 5. The van der Waals surface area contributed by atoms with E-state index in [1.807, 2.05) is 0 Å². The Balaban J connectivity index is 2.30. The summed E-state index contributed by atoms with van der Waals surface area (Å²) in [5.41, 5.74) is -4.26. The Kier molecular flexibility index (Phi) is 6.80. The average molecular weight is 486 g/mol. The van der Waals surface area contributed by atoms with Crippen LogP contribution in [-0.4, -0.2) is 31.4 Å². The van der Waals surface area contributed by atoms with Crippen molar-refractivity contribution in [3.8, 4) is 22.6 Å². The number of alkyl halides is 3. The second-order valence-corrected chi connectivity index (χ2v) is 8.36. The quantitative estimate of drug-likeness (QED) is 0.243. The van der Waals surface area contributed by atoms with Crippen LogP contribution in [-0.2, 0) is 12.7 Å². The van der Waals surface area contributed by atoms with E-state index in [1.165, 1.54) is 32.1 Å². The van der Waals surface area contributed by atoms with Gasteiger partial charge in [0, 0.05) is 6.42 Å². The van der Waals surface area contributed by atoms with E-state index >= 15 is 0 Å². The van der Waals surface area contributed by atoms with Gasteiger partial charge in [0.1, 0.15) is 11.5 Å². The Morgan fingerprint density at radius 1 is 1.33 bits per heavy atom. The van der Waals surface area contributed by atoms with Crippen LogP contribution in [0.4, 0.5) is 17.6 Å². The second-order valence-electron chi connectivity index (χ2n) is 7.96. The van der Waals surface area contributed by atoms with E-state index in [1.54, 1.807) is 0 Å². The monoisotopic (exact) mass is 485 g/mol. The van der Waals surface area contributed by atoms with E-state index < -0.39 is 46.9 Å². The molecule has 0 aliphatic heterocycles. The van der Waals surface area contributed by atoms with Gasteiger partial charge < -0.3 is 9.63 Å². The highest BCUT2D eigenvalue weighted by Crippen LogP contribution is 2.42. The van der Waals surface area contributed by atoms with E-state index in [-0.39, 0.29) is 34.7 Å². The Bertz CT molecular complexity index is 1170. The second kappa shape index (κ2) is 9.11. The summed E-state index contributed by atoms with van der Waals surface area (Å²) in [6.07, 6.45) is -2.50. The molecule has 0 saturated heterocycles. The lowest BCUT2D eigenvalue weighted by Gasteiger charge is -2.20. The van der Waals surface area contributed by atoms with Crippen molar-refractivity contribution in [3.63, 3.8) is 0 Å². The van der Waals surface area contributed by atoms with Gasteiger partial charge in [-0.25, -0.2) is 4.39 Å². The summed E-state index contributed by atoms with van der Waals surface area (Å²) in [7, 11) is 0. The maximum Gasteiger partial charge on any atom is 0.433 e. The predicted octanol–water partition coefficient (Wildman–Crippen LogP) is 5.94. The molecule has 0 saturated carbocycles. The Morgan fingerprint density at radius 2 is 2.03 bits per heavy atom. The van der Waals surface area contributed by atoms with Gasteiger partial charge in [-0.1, -0.05) is 28.9 Å². The maximum absolute atomic E-state index is 14.6. The molecule has 0 bridgehead atoms. The molecule has 0 radical (unpaired) electrons. The molecule has 0 spiro atoms. The van der Waals surface area contributed by atoms with Gasteiger partial charge in [-0.3, -0.25) is 9.48 Å². The van der Waals surface area contributed by atoms with Gasteiger partial charge in [0.05, 0.1) is 40.1 Å². The van der Waals surface area contributed by atoms with Crippen molar-refractivity contribution in [2.45, 2.75) is 45.0 Å². The van der Waals surface area contributed by atoms with Gasteiger partial charge in [-0.2, -0.15) is 18.3 Å². The van der Waals surface area contributed by atoms with Crippen LogP contribution in [0.25, 0.3) is 22.6 Å². The van der Waals surface area contributed by atoms with Crippen molar-refractivity contribution >= 4 is 17.4 Å². The zero-order valence-corrected chi connectivity index (χ0v) is 18.5. The summed E-state index contributed by atoms with van der Waals surface area (Å²) in [5.74, 6) is -1.98. The summed E-state index contributed by atoms with van der Waals surface area (Å²) < 4.78 is 62.4. The molecule has 11 heteroatoms. The lowest BCUT2D eigenvalue weighted by molar-refractivity contribution is -0.144. The maximum atomic E-state index is 14.6. The smallest absolute Gasteiger partial charge is 0.389 e. The first-order valence-electron chi connectivity index (χ1n) is 9.79. The lowest BCUT2D eigenvalue weighted by atomic mass is 9.96. The minimum atomic E-state index is -4.92. The molecule has 6 nitrogen and oxygen atoms in total. The van der Waals surface area contributed by atoms with Gasteiger partial charge >= 0.3 is 6.18 Å². The largest absolute Gasteiger partial charge is 0.433 e. The van der Waals surface area contributed by atoms with E-state index in [4.69, 9.17) is 16.1 Å². The summed E-state index contributed by atoms with van der Waals surface area (Å²) in [4.78, 5) is 13.0. The SMILES string of the molecule is C=CCCC(=O)c1c(-c2c(F)cccc2Cl)noc1-c1cnn(CC(C)(C)O)c1C(F)(F)F. The highest BCUT2D eigenvalue weighted by atomic mass is 35.5. The normalized spacial score (nSPS) is 12.2. The van der Waals surface area contributed by atoms with Crippen LogP contribution in [0.1, 0.15) is 42.7 Å². The molecule has 176 valence electrons. The third kappa shape index (κ3) is 5.17. The van der Waals surface area contributed by atoms with E-state index in [0.29, 0.717) is 4.68 Å². The van der Waals surface area contributed by atoms with Crippen LogP contribution in [0.5, 0.6) is 0 Å². The van der Waals surface area contributed by atoms with Crippen LogP contribution in [0.3, 0.4) is 0 Å². The summed E-state index contributed by atoms with van der Waals surface area (Å²) in [5, 5.41) is 17.4. The number of aliphatic hydroxyl groups is 1. The molecule has 0 amide bonds. The zero-order chi connectivity index (χ0) is 24.6. The minimum Gasteiger partial charge on any atom is -0.389 e. The van der Waals surface area contributed by atoms with Crippen LogP contribution >= 0.6 is 11.6 Å². The van der Waals surface area contributed by atoms with Gasteiger partial charge in [0.15, 0.2) is 17.2 Å². The number of nitrogens with zero attached hydrogens (tertiary/aromatic N) is 3. The number of benzene rings is 1. The van der Waals surface area contributed by atoms with Gasteiger partial charge in [0.2, 0.25) is 0 Å². The molecule has 3 rings (SSSR count). The number of rotatable bonds is 8. The number of carbonyl (C=O) groups excluding carboxylic acids is 1. The fourth-order valence-corrected chi connectivity index (χ4v) is 3.57. The molecular formula is C22H20ClF4N3O3. The highest BCUT2D eigenvalue weighted by Gasteiger charge is 2.42. The third-order valence-corrected chi connectivity index (χ3v) is 4.95. The minimum absolute atomic E-state index is 0.0959. The first-order valence-corrected chi connectivity index (χ1v) is 10.2. The predicted molar refractivity (Wildman–Crippen MR) is 113 cm³/mol. The van der Waals surface area contributed by atoms with Crippen LogP contribution < -0.4 is 0 Å². The molecule has 2 heterocycles. The molecule has 0 aliphatic carbocycles. The Hall–Kier alpha value is -2.98. The van der Waals surface area contributed by atoms with Crippen molar-refractivity contribution in [2.75, 3.05) is 0 Å². The van der Waals surface area contributed by atoms with Crippen LogP contribution in [0.15, 0.2) is 41.6 Å². The van der Waals surface area contributed by atoms with Crippen LogP contribution in [0, 0.1) is 5.82 Å².